The Bertz CT molecular complexity index is 641. The summed E-state index contributed by atoms with van der Waals surface area (Å²) in [6.07, 6.45) is 3.28. The van der Waals surface area contributed by atoms with Crippen molar-refractivity contribution in [3.8, 4) is 0 Å². The number of carbonyl (C=O) groups is 1. The van der Waals surface area contributed by atoms with Gasteiger partial charge in [0, 0.05) is 58.8 Å². The van der Waals surface area contributed by atoms with Crippen molar-refractivity contribution in [3.05, 3.63) is 22.6 Å². The van der Waals surface area contributed by atoms with E-state index in [1.165, 1.54) is 4.68 Å². The van der Waals surface area contributed by atoms with Crippen LogP contribution in [-0.4, -0.2) is 73.1 Å². The molecule has 2 aliphatic heterocycles. The van der Waals surface area contributed by atoms with E-state index < -0.39 is 0 Å². The first-order chi connectivity index (χ1) is 12.1. The molecule has 0 aromatic carbocycles. The van der Waals surface area contributed by atoms with Crippen LogP contribution in [0.25, 0.3) is 0 Å². The Balaban J connectivity index is 1.38. The molecule has 1 atom stereocenters. The Kier molecular flexibility index (Phi) is 6.04. The van der Waals surface area contributed by atoms with Gasteiger partial charge >= 0.3 is 0 Å². The lowest BCUT2D eigenvalue weighted by Crippen LogP contribution is -2.39. The van der Waals surface area contributed by atoms with Crippen molar-refractivity contribution in [2.24, 2.45) is 13.0 Å². The summed E-state index contributed by atoms with van der Waals surface area (Å²) < 4.78 is 6.63. The number of amides is 1. The zero-order valence-electron chi connectivity index (χ0n) is 14.8. The number of nitrogens with zero attached hydrogens (tertiary/aromatic N) is 4. The van der Waals surface area contributed by atoms with Crippen molar-refractivity contribution in [1.82, 2.24) is 20.0 Å². The number of rotatable bonds is 6. The third-order valence-corrected chi connectivity index (χ3v) is 4.95. The first-order valence-corrected chi connectivity index (χ1v) is 8.97. The minimum Gasteiger partial charge on any atom is -0.379 e. The minimum atomic E-state index is -0.0997. The van der Waals surface area contributed by atoms with Gasteiger partial charge in [-0.1, -0.05) is 0 Å². The first-order valence-electron chi connectivity index (χ1n) is 8.97. The number of anilines is 1. The first kappa shape index (κ1) is 17.9. The van der Waals surface area contributed by atoms with Crippen LogP contribution < -0.4 is 15.8 Å². The molecule has 0 radical (unpaired) electrons. The molecule has 8 heteroatoms. The van der Waals surface area contributed by atoms with Crippen molar-refractivity contribution in [3.63, 3.8) is 0 Å². The summed E-state index contributed by atoms with van der Waals surface area (Å²) in [6.45, 7) is 6.57. The summed E-state index contributed by atoms with van der Waals surface area (Å²) in [5, 5.41) is 7.12. The average Bonchev–Trinajstić information content (AvgIpc) is 3.10. The van der Waals surface area contributed by atoms with E-state index in [0.29, 0.717) is 18.9 Å². The highest BCUT2D eigenvalue weighted by Crippen LogP contribution is 2.21. The van der Waals surface area contributed by atoms with Crippen LogP contribution >= 0.6 is 0 Å². The summed E-state index contributed by atoms with van der Waals surface area (Å²) >= 11 is 0. The second-order valence-electron chi connectivity index (χ2n) is 6.78. The van der Waals surface area contributed by atoms with Crippen LogP contribution in [0.3, 0.4) is 0 Å². The fourth-order valence-corrected chi connectivity index (χ4v) is 3.30. The van der Waals surface area contributed by atoms with Crippen LogP contribution in [0.1, 0.15) is 12.8 Å². The maximum Gasteiger partial charge on any atom is 0.268 e. The van der Waals surface area contributed by atoms with Crippen LogP contribution in [0.5, 0.6) is 0 Å². The molecule has 25 heavy (non-hydrogen) atoms. The Morgan fingerprint density at radius 3 is 2.92 bits per heavy atom. The number of ether oxygens (including phenoxy) is 1. The van der Waals surface area contributed by atoms with Crippen molar-refractivity contribution in [2.75, 3.05) is 57.4 Å². The zero-order chi connectivity index (χ0) is 17.6. The second kappa shape index (κ2) is 8.44. The van der Waals surface area contributed by atoms with Crippen LogP contribution in [0, 0.1) is 5.92 Å². The van der Waals surface area contributed by atoms with Gasteiger partial charge in [0.15, 0.2) is 0 Å². The minimum absolute atomic E-state index is 0.0997. The molecular weight excluding hydrogens is 322 g/mol. The molecule has 1 aromatic rings. The lowest BCUT2D eigenvalue weighted by atomic mass is 10.1. The van der Waals surface area contributed by atoms with Gasteiger partial charge < -0.3 is 15.0 Å². The lowest BCUT2D eigenvalue weighted by molar-refractivity contribution is -0.121. The fraction of sp³-hybridized carbons (Fsp3) is 0.706. The number of hydrogen-bond acceptors (Lipinski definition) is 6. The fourth-order valence-electron chi connectivity index (χ4n) is 3.30. The molecule has 1 amide bonds. The molecule has 0 aliphatic carbocycles. The molecule has 0 spiro atoms. The Labute approximate surface area is 147 Å². The standard InChI is InChI=1S/C17H27N5O3/c1-20-17(24)10-15(12-19-20)22-5-2-14(13-22)11-18-16(23)3-4-21-6-8-25-9-7-21/h10,12,14H,2-9,11,13H2,1H3,(H,18,23). The van der Waals surface area contributed by atoms with Crippen LogP contribution in [0.2, 0.25) is 0 Å². The highest BCUT2D eigenvalue weighted by Gasteiger charge is 2.23. The van der Waals surface area contributed by atoms with Crippen molar-refractivity contribution in [2.45, 2.75) is 12.8 Å². The van der Waals surface area contributed by atoms with Gasteiger partial charge in [0.25, 0.3) is 5.56 Å². The Hall–Kier alpha value is -1.93. The Morgan fingerprint density at radius 2 is 2.16 bits per heavy atom. The number of aromatic nitrogens is 2. The van der Waals surface area contributed by atoms with Crippen molar-refractivity contribution in [1.29, 1.82) is 0 Å². The van der Waals surface area contributed by atoms with E-state index in [-0.39, 0.29) is 11.5 Å². The Morgan fingerprint density at radius 1 is 1.36 bits per heavy atom. The number of aryl methyl sites for hydroxylation is 1. The number of morpholine rings is 1. The second-order valence-corrected chi connectivity index (χ2v) is 6.78. The third kappa shape index (κ3) is 5.02. The normalized spacial score (nSPS) is 21.5. The van der Waals surface area contributed by atoms with Gasteiger partial charge in [-0.2, -0.15) is 5.10 Å². The maximum absolute atomic E-state index is 12.0. The van der Waals surface area contributed by atoms with Crippen molar-refractivity contribution < 1.29 is 9.53 Å². The molecular formula is C17H27N5O3. The van der Waals surface area contributed by atoms with Gasteiger partial charge in [0.1, 0.15) is 0 Å². The summed E-state index contributed by atoms with van der Waals surface area (Å²) in [5.74, 6) is 0.525. The van der Waals surface area contributed by atoms with E-state index in [1.807, 2.05) is 0 Å². The predicted molar refractivity (Wildman–Crippen MR) is 94.7 cm³/mol. The highest BCUT2D eigenvalue weighted by molar-refractivity contribution is 5.76. The van der Waals surface area contributed by atoms with Gasteiger partial charge in [0.2, 0.25) is 5.91 Å². The highest BCUT2D eigenvalue weighted by atomic mass is 16.5. The topological polar surface area (TPSA) is 79.7 Å². The van der Waals surface area contributed by atoms with Gasteiger partial charge in [0.05, 0.1) is 25.1 Å². The van der Waals surface area contributed by atoms with E-state index in [1.54, 1.807) is 19.3 Å². The third-order valence-electron chi connectivity index (χ3n) is 4.95. The number of nitrogens with one attached hydrogen (secondary N) is 1. The number of hydrogen-bond donors (Lipinski definition) is 1. The molecule has 2 fully saturated rings. The lowest BCUT2D eigenvalue weighted by Gasteiger charge is -2.26. The molecule has 8 nitrogen and oxygen atoms in total. The molecule has 1 N–H and O–H groups in total. The predicted octanol–water partition coefficient (Wildman–Crippen LogP) is -0.555. The summed E-state index contributed by atoms with van der Waals surface area (Å²) in [6, 6.07) is 1.62. The molecule has 1 aromatic heterocycles. The number of carbonyl (C=O) groups excluding carboxylic acids is 1. The molecule has 3 rings (SSSR count). The van der Waals surface area contributed by atoms with Crippen LogP contribution in [0.4, 0.5) is 5.69 Å². The van der Waals surface area contributed by atoms with Crippen molar-refractivity contribution >= 4 is 11.6 Å². The molecule has 0 saturated carbocycles. The summed E-state index contributed by atoms with van der Waals surface area (Å²) in [4.78, 5) is 28.2. The largest absolute Gasteiger partial charge is 0.379 e. The van der Waals surface area contributed by atoms with Gasteiger partial charge in [-0.15, -0.1) is 0 Å². The smallest absolute Gasteiger partial charge is 0.268 e. The van der Waals surface area contributed by atoms with E-state index in [2.05, 4.69) is 20.2 Å². The average molecular weight is 349 g/mol. The van der Waals surface area contributed by atoms with Gasteiger partial charge in [-0.25, -0.2) is 4.68 Å². The molecule has 3 heterocycles. The van der Waals surface area contributed by atoms with Gasteiger partial charge in [-0.3, -0.25) is 14.5 Å². The maximum atomic E-state index is 12.0. The SMILES string of the molecule is Cn1ncc(N2CCC(CNC(=O)CCN3CCOCC3)C2)cc1=O. The van der Waals surface area contributed by atoms with E-state index in [4.69, 9.17) is 4.74 Å². The molecule has 138 valence electrons. The molecule has 2 saturated heterocycles. The van der Waals surface area contributed by atoms with Crippen LogP contribution in [-0.2, 0) is 16.6 Å². The zero-order valence-corrected chi connectivity index (χ0v) is 14.8. The van der Waals surface area contributed by atoms with E-state index in [0.717, 1.165) is 58.0 Å². The van der Waals surface area contributed by atoms with Gasteiger partial charge in [-0.05, 0) is 12.3 Å². The summed E-state index contributed by atoms with van der Waals surface area (Å²) in [5.41, 5.74) is 0.765. The van der Waals surface area contributed by atoms with Crippen LogP contribution in [0.15, 0.2) is 17.1 Å². The molecule has 2 aliphatic rings. The monoisotopic (exact) mass is 349 g/mol. The molecule has 0 bridgehead atoms. The summed E-state index contributed by atoms with van der Waals surface area (Å²) in [7, 11) is 1.64. The van der Waals surface area contributed by atoms with E-state index in [9.17, 15) is 9.59 Å². The quantitative estimate of drug-likeness (QED) is 0.742. The molecule has 1 unspecified atom stereocenters. The van der Waals surface area contributed by atoms with E-state index >= 15 is 0 Å².